The molecule has 3 unspecified atom stereocenters. The summed E-state index contributed by atoms with van der Waals surface area (Å²) in [5, 5.41) is 5.76. The first kappa shape index (κ1) is 28.9. The van der Waals surface area contributed by atoms with Gasteiger partial charge in [-0.15, -0.1) is 0 Å². The van der Waals surface area contributed by atoms with Crippen LogP contribution in [0.4, 0.5) is 10.5 Å². The number of hydrogen-bond acceptors (Lipinski definition) is 4. The number of nitrogens with one attached hydrogen (secondary N) is 2. The maximum absolute atomic E-state index is 13.9. The first-order valence-electron chi connectivity index (χ1n) is 12.5. The van der Waals surface area contributed by atoms with Gasteiger partial charge in [0.15, 0.2) is 0 Å². The summed E-state index contributed by atoms with van der Waals surface area (Å²) >= 11 is 0. The molecule has 196 valence electrons. The van der Waals surface area contributed by atoms with Crippen molar-refractivity contribution in [3.05, 3.63) is 64.7 Å². The number of rotatable bonds is 8. The molecule has 0 bridgehead atoms. The third-order valence-electron chi connectivity index (χ3n) is 6.35. The quantitative estimate of drug-likeness (QED) is 0.492. The number of carbonyl (C=O) groups excluding carboxylic acids is 3. The van der Waals surface area contributed by atoms with E-state index in [1.807, 2.05) is 77.1 Å². The van der Waals surface area contributed by atoms with Gasteiger partial charge in [-0.25, -0.2) is 4.79 Å². The summed E-state index contributed by atoms with van der Waals surface area (Å²) in [6, 6.07) is 11.6. The lowest BCUT2D eigenvalue weighted by molar-refractivity contribution is -0.140. The van der Waals surface area contributed by atoms with Gasteiger partial charge >= 0.3 is 6.09 Å². The molecule has 36 heavy (non-hydrogen) atoms. The summed E-state index contributed by atoms with van der Waals surface area (Å²) in [4.78, 5) is 41.7. The van der Waals surface area contributed by atoms with E-state index < -0.39 is 23.8 Å². The molecule has 0 saturated heterocycles. The van der Waals surface area contributed by atoms with Crippen LogP contribution in [0.25, 0.3) is 0 Å². The van der Waals surface area contributed by atoms with Gasteiger partial charge in [-0.2, -0.15) is 0 Å². The van der Waals surface area contributed by atoms with Crippen molar-refractivity contribution in [3.8, 4) is 0 Å². The van der Waals surface area contributed by atoms with Crippen LogP contribution in [0.15, 0.2) is 42.5 Å². The van der Waals surface area contributed by atoms with Crippen molar-refractivity contribution in [3.63, 3.8) is 0 Å². The van der Waals surface area contributed by atoms with Gasteiger partial charge in [-0.3, -0.25) is 9.59 Å². The topological polar surface area (TPSA) is 87.7 Å². The standard InChI is InChI=1S/C29H41N3O4/c1-10-18(2)24(31-28(35)36-29(6,7)8)27(34)32(9)25(23-20(4)15-13-16-21(23)5)26(33)30-22-17-12-11-14-19(22)3/h11-18,24-25H,10H2,1-9H3,(H,30,33)(H,31,35). The molecule has 7 heteroatoms. The Morgan fingerprint density at radius 3 is 2.03 bits per heavy atom. The minimum Gasteiger partial charge on any atom is -0.444 e. The van der Waals surface area contributed by atoms with Crippen molar-refractivity contribution in [2.24, 2.45) is 5.92 Å². The van der Waals surface area contributed by atoms with Gasteiger partial charge in [-0.1, -0.05) is 56.7 Å². The molecule has 3 amide bonds. The summed E-state index contributed by atoms with van der Waals surface area (Å²) in [7, 11) is 1.61. The van der Waals surface area contributed by atoms with Gasteiger partial charge in [0.05, 0.1) is 0 Å². The highest BCUT2D eigenvalue weighted by Crippen LogP contribution is 2.30. The van der Waals surface area contributed by atoms with Crippen LogP contribution in [0.1, 0.15) is 69.3 Å². The van der Waals surface area contributed by atoms with Gasteiger partial charge in [0.25, 0.3) is 5.91 Å². The highest BCUT2D eigenvalue weighted by atomic mass is 16.6. The first-order valence-corrected chi connectivity index (χ1v) is 12.5. The summed E-state index contributed by atoms with van der Waals surface area (Å²) in [6.45, 7) is 14.9. The summed E-state index contributed by atoms with van der Waals surface area (Å²) in [6.07, 6.45) is -0.00806. The molecule has 0 aromatic heterocycles. The maximum atomic E-state index is 13.9. The van der Waals surface area contributed by atoms with Crippen LogP contribution < -0.4 is 10.6 Å². The number of aryl methyl sites for hydroxylation is 3. The molecule has 7 nitrogen and oxygen atoms in total. The van der Waals surface area contributed by atoms with Gasteiger partial charge < -0.3 is 20.3 Å². The number of nitrogens with zero attached hydrogens (tertiary/aromatic N) is 1. The third-order valence-corrected chi connectivity index (χ3v) is 6.35. The number of alkyl carbamates (subject to hydrolysis) is 1. The van der Waals surface area contributed by atoms with Gasteiger partial charge in [0, 0.05) is 12.7 Å². The summed E-state index contributed by atoms with van der Waals surface area (Å²) in [5.74, 6) is -0.856. The zero-order valence-corrected chi connectivity index (χ0v) is 23.1. The van der Waals surface area contributed by atoms with Crippen LogP contribution in [0, 0.1) is 26.7 Å². The molecule has 2 N–H and O–H groups in total. The second kappa shape index (κ2) is 12.1. The van der Waals surface area contributed by atoms with Crippen LogP contribution in [-0.4, -0.2) is 41.5 Å². The molecule has 0 spiro atoms. The summed E-state index contributed by atoms with van der Waals surface area (Å²) < 4.78 is 5.42. The number of benzene rings is 2. The normalized spacial score (nSPS) is 13.8. The molecular weight excluding hydrogens is 454 g/mol. The highest BCUT2D eigenvalue weighted by Gasteiger charge is 2.37. The SMILES string of the molecule is CCC(C)C(NC(=O)OC(C)(C)C)C(=O)N(C)C(C(=O)Nc1ccccc1C)c1c(C)cccc1C. The zero-order valence-electron chi connectivity index (χ0n) is 23.1. The Labute approximate surface area is 215 Å². The predicted molar refractivity (Wildman–Crippen MR) is 144 cm³/mol. The maximum Gasteiger partial charge on any atom is 0.408 e. The highest BCUT2D eigenvalue weighted by molar-refractivity contribution is 5.99. The summed E-state index contributed by atoms with van der Waals surface area (Å²) in [5.41, 5.74) is 3.47. The molecule has 0 aliphatic carbocycles. The van der Waals surface area contributed by atoms with Crippen LogP contribution in [-0.2, 0) is 14.3 Å². The molecular formula is C29H41N3O4. The van der Waals surface area contributed by atoms with E-state index in [2.05, 4.69) is 10.6 Å². The smallest absolute Gasteiger partial charge is 0.408 e. The van der Waals surface area contributed by atoms with Crippen LogP contribution in [0.2, 0.25) is 0 Å². The van der Waals surface area contributed by atoms with Crippen molar-refractivity contribution < 1.29 is 19.1 Å². The van der Waals surface area contributed by atoms with Crippen molar-refractivity contribution in [1.29, 1.82) is 0 Å². The lowest BCUT2D eigenvalue weighted by Crippen LogP contribution is -2.53. The lowest BCUT2D eigenvalue weighted by atomic mass is 9.92. The molecule has 0 aliphatic rings. The molecule has 0 saturated carbocycles. The number of amides is 3. The average Bonchev–Trinajstić information content (AvgIpc) is 2.79. The monoisotopic (exact) mass is 495 g/mol. The minimum absolute atomic E-state index is 0.175. The number of carbonyl (C=O) groups is 3. The largest absolute Gasteiger partial charge is 0.444 e. The fraction of sp³-hybridized carbons (Fsp3) is 0.483. The second-order valence-corrected chi connectivity index (χ2v) is 10.5. The number of anilines is 1. The van der Waals surface area contributed by atoms with E-state index in [4.69, 9.17) is 4.74 Å². The van der Waals surface area contributed by atoms with E-state index in [0.717, 1.165) is 22.3 Å². The molecule has 0 heterocycles. The molecule has 0 radical (unpaired) electrons. The van der Waals surface area contributed by atoms with E-state index >= 15 is 0 Å². The fourth-order valence-electron chi connectivity index (χ4n) is 4.14. The third kappa shape index (κ3) is 7.33. The number of ether oxygens (including phenoxy) is 1. The molecule has 2 rings (SSSR count). The van der Waals surface area contributed by atoms with Gasteiger partial charge in [0.1, 0.15) is 17.7 Å². The molecule has 0 fully saturated rings. The van der Waals surface area contributed by atoms with E-state index in [-0.39, 0.29) is 17.7 Å². The lowest BCUT2D eigenvalue weighted by Gasteiger charge is -2.34. The van der Waals surface area contributed by atoms with Crippen molar-refractivity contribution in [2.45, 2.75) is 79.5 Å². The van der Waals surface area contributed by atoms with Gasteiger partial charge in [-0.05, 0) is 75.8 Å². The van der Waals surface area contributed by atoms with Crippen LogP contribution in [0.3, 0.4) is 0 Å². The Morgan fingerprint density at radius 2 is 1.50 bits per heavy atom. The molecule has 2 aromatic carbocycles. The Bertz CT molecular complexity index is 1070. The van der Waals surface area contributed by atoms with Gasteiger partial charge in [0.2, 0.25) is 5.91 Å². The average molecular weight is 496 g/mol. The van der Waals surface area contributed by atoms with Crippen molar-refractivity contribution in [2.75, 3.05) is 12.4 Å². The van der Waals surface area contributed by atoms with E-state index in [1.54, 1.807) is 27.8 Å². The van der Waals surface area contributed by atoms with Crippen molar-refractivity contribution >= 4 is 23.6 Å². The Morgan fingerprint density at radius 1 is 0.944 bits per heavy atom. The number of likely N-dealkylation sites (N-methyl/N-ethyl adjacent to an activating group) is 1. The zero-order chi connectivity index (χ0) is 27.2. The van der Waals surface area contributed by atoms with E-state index in [1.165, 1.54) is 4.90 Å². The van der Waals surface area contributed by atoms with Crippen LogP contribution in [0.5, 0.6) is 0 Å². The van der Waals surface area contributed by atoms with Crippen molar-refractivity contribution in [1.82, 2.24) is 10.2 Å². The minimum atomic E-state index is -0.898. The second-order valence-electron chi connectivity index (χ2n) is 10.5. The fourth-order valence-corrected chi connectivity index (χ4v) is 4.14. The Balaban J connectivity index is 2.49. The Kier molecular flexibility index (Phi) is 9.68. The Hall–Kier alpha value is -3.35. The van der Waals surface area contributed by atoms with E-state index in [9.17, 15) is 14.4 Å². The predicted octanol–water partition coefficient (Wildman–Crippen LogP) is 5.69. The van der Waals surface area contributed by atoms with Crippen LogP contribution >= 0.6 is 0 Å². The van der Waals surface area contributed by atoms with E-state index in [0.29, 0.717) is 12.1 Å². The number of para-hydroxylation sites is 1. The molecule has 3 atom stereocenters. The first-order chi connectivity index (χ1) is 16.8. The molecule has 2 aromatic rings. The number of hydrogen-bond donors (Lipinski definition) is 2. The molecule has 0 aliphatic heterocycles.